The summed E-state index contributed by atoms with van der Waals surface area (Å²) in [6.45, 7) is 8.92. The SMILES string of the molecule is CCC1=C(C(=O)C(C)C2C=C(C)OCC2C)C=CC=C=C1. The molecule has 1 aliphatic carbocycles. The molecule has 2 nitrogen and oxygen atoms in total. The molecule has 0 aromatic carbocycles. The number of Topliss-reactive ketones (excluding diaryl/α,β-unsaturated/α-hetero) is 1. The van der Waals surface area contributed by atoms with E-state index in [-0.39, 0.29) is 17.6 Å². The highest BCUT2D eigenvalue weighted by molar-refractivity contribution is 6.01. The molecule has 0 amide bonds. The fourth-order valence-corrected chi connectivity index (χ4v) is 2.98. The number of hydrogen-bond acceptors (Lipinski definition) is 2. The lowest BCUT2D eigenvalue weighted by Gasteiger charge is -2.31. The van der Waals surface area contributed by atoms with Gasteiger partial charge in [-0.2, -0.15) is 0 Å². The first-order chi connectivity index (χ1) is 10.0. The number of ketones is 1. The molecular weight excluding hydrogens is 260 g/mol. The van der Waals surface area contributed by atoms with Crippen LogP contribution in [0.2, 0.25) is 0 Å². The van der Waals surface area contributed by atoms with Gasteiger partial charge in [-0.15, -0.1) is 5.73 Å². The van der Waals surface area contributed by atoms with Gasteiger partial charge < -0.3 is 4.74 Å². The average molecular weight is 284 g/mol. The topological polar surface area (TPSA) is 26.3 Å². The minimum Gasteiger partial charge on any atom is -0.498 e. The number of carbonyl (C=O) groups excluding carboxylic acids is 1. The molecule has 3 unspecified atom stereocenters. The summed E-state index contributed by atoms with van der Waals surface area (Å²) in [4.78, 5) is 12.9. The van der Waals surface area contributed by atoms with Gasteiger partial charge in [0, 0.05) is 11.5 Å². The van der Waals surface area contributed by atoms with Crippen LogP contribution in [-0.4, -0.2) is 12.4 Å². The van der Waals surface area contributed by atoms with Gasteiger partial charge in [0.2, 0.25) is 0 Å². The van der Waals surface area contributed by atoms with E-state index in [9.17, 15) is 4.79 Å². The lowest BCUT2D eigenvalue weighted by molar-refractivity contribution is -0.120. The molecule has 3 atom stereocenters. The van der Waals surface area contributed by atoms with Crippen LogP contribution in [0.3, 0.4) is 0 Å². The zero-order valence-corrected chi connectivity index (χ0v) is 13.3. The Morgan fingerprint density at radius 1 is 1.52 bits per heavy atom. The van der Waals surface area contributed by atoms with Crippen LogP contribution < -0.4 is 0 Å². The van der Waals surface area contributed by atoms with E-state index >= 15 is 0 Å². The number of hydrogen-bond donors (Lipinski definition) is 0. The normalized spacial score (nSPS) is 26.2. The Morgan fingerprint density at radius 3 is 3.00 bits per heavy atom. The van der Waals surface area contributed by atoms with Gasteiger partial charge in [0.05, 0.1) is 12.4 Å². The third-order valence-corrected chi connectivity index (χ3v) is 4.35. The van der Waals surface area contributed by atoms with Gasteiger partial charge in [0.1, 0.15) is 0 Å². The summed E-state index contributed by atoms with van der Waals surface area (Å²) in [5.41, 5.74) is 4.99. The Morgan fingerprint density at radius 2 is 2.29 bits per heavy atom. The monoisotopic (exact) mass is 284 g/mol. The number of rotatable bonds is 4. The summed E-state index contributed by atoms with van der Waals surface area (Å²) >= 11 is 0. The van der Waals surface area contributed by atoms with Crippen molar-refractivity contribution < 1.29 is 9.53 Å². The van der Waals surface area contributed by atoms with E-state index in [0.717, 1.165) is 23.3 Å². The summed E-state index contributed by atoms with van der Waals surface area (Å²) in [6.07, 6.45) is 10.5. The van der Waals surface area contributed by atoms with E-state index in [0.29, 0.717) is 12.5 Å². The Balaban J connectivity index is 2.29. The van der Waals surface area contributed by atoms with Crippen LogP contribution in [0.5, 0.6) is 0 Å². The van der Waals surface area contributed by atoms with Crippen molar-refractivity contribution in [1.82, 2.24) is 0 Å². The molecular formula is C19H24O2. The van der Waals surface area contributed by atoms with Crippen LogP contribution in [0.25, 0.3) is 0 Å². The van der Waals surface area contributed by atoms with Crippen molar-refractivity contribution in [2.45, 2.75) is 34.1 Å². The molecule has 2 rings (SSSR count). The second-order valence-corrected chi connectivity index (χ2v) is 5.93. The summed E-state index contributed by atoms with van der Waals surface area (Å²) in [5.74, 6) is 1.72. The van der Waals surface area contributed by atoms with Crippen LogP contribution in [0.15, 0.2) is 53.0 Å². The number of ether oxygens (including phenoxy) is 1. The van der Waals surface area contributed by atoms with Crippen molar-refractivity contribution in [3.8, 4) is 0 Å². The van der Waals surface area contributed by atoms with Gasteiger partial charge in [0.25, 0.3) is 0 Å². The summed E-state index contributed by atoms with van der Waals surface area (Å²) in [5, 5.41) is 0. The van der Waals surface area contributed by atoms with Gasteiger partial charge in [-0.1, -0.05) is 32.9 Å². The van der Waals surface area contributed by atoms with Gasteiger partial charge in [-0.25, -0.2) is 0 Å². The molecule has 1 aliphatic heterocycles. The predicted octanol–water partition coefficient (Wildman–Crippen LogP) is 4.37. The van der Waals surface area contributed by atoms with E-state index in [1.165, 1.54) is 0 Å². The maximum atomic E-state index is 12.9. The number of carbonyl (C=O) groups is 1. The number of allylic oxidation sites excluding steroid dienone is 7. The van der Waals surface area contributed by atoms with Crippen molar-refractivity contribution in [2.75, 3.05) is 6.61 Å². The average Bonchev–Trinajstić information content (AvgIpc) is 2.73. The fourth-order valence-electron chi connectivity index (χ4n) is 2.98. The molecule has 2 aliphatic rings. The smallest absolute Gasteiger partial charge is 0.166 e. The first kappa shape index (κ1) is 15.6. The van der Waals surface area contributed by atoms with Crippen molar-refractivity contribution in [3.05, 3.63) is 53.0 Å². The largest absolute Gasteiger partial charge is 0.498 e. The predicted molar refractivity (Wildman–Crippen MR) is 85.6 cm³/mol. The highest BCUT2D eigenvalue weighted by Gasteiger charge is 2.31. The fraction of sp³-hybridized carbons (Fsp3) is 0.474. The summed E-state index contributed by atoms with van der Waals surface area (Å²) in [7, 11) is 0. The lowest BCUT2D eigenvalue weighted by atomic mass is 9.77. The van der Waals surface area contributed by atoms with E-state index < -0.39 is 0 Å². The first-order valence-corrected chi connectivity index (χ1v) is 7.72. The Hall–Kier alpha value is -1.79. The third kappa shape index (κ3) is 3.46. The molecule has 2 heteroatoms. The molecule has 112 valence electrons. The molecule has 0 bridgehead atoms. The van der Waals surface area contributed by atoms with Gasteiger partial charge in [-0.05, 0) is 49.0 Å². The maximum absolute atomic E-state index is 12.9. The zero-order chi connectivity index (χ0) is 15.4. The minimum atomic E-state index is -0.0356. The summed E-state index contributed by atoms with van der Waals surface area (Å²) in [6, 6.07) is 0. The standard InChI is InChI=1S/C19H24O2/c1-5-16-9-7-6-8-10-17(16)19(20)15(4)18-11-14(3)21-12-13(18)2/h6,8-11,13,15,18H,5,12H2,1-4H3. The van der Waals surface area contributed by atoms with Gasteiger partial charge >= 0.3 is 0 Å². The van der Waals surface area contributed by atoms with E-state index in [1.54, 1.807) is 0 Å². The molecule has 0 N–H and O–H groups in total. The van der Waals surface area contributed by atoms with Gasteiger partial charge in [0.15, 0.2) is 5.78 Å². The summed E-state index contributed by atoms with van der Waals surface area (Å²) < 4.78 is 5.56. The molecule has 0 aromatic heterocycles. The molecule has 0 aromatic rings. The molecule has 0 saturated heterocycles. The Kier molecular flexibility index (Phi) is 5.03. The minimum absolute atomic E-state index is 0.0356. The molecule has 0 radical (unpaired) electrons. The second-order valence-electron chi connectivity index (χ2n) is 5.93. The van der Waals surface area contributed by atoms with Gasteiger partial charge in [-0.3, -0.25) is 4.79 Å². The van der Waals surface area contributed by atoms with E-state index in [4.69, 9.17) is 4.74 Å². The van der Waals surface area contributed by atoms with E-state index in [2.05, 4.69) is 25.7 Å². The molecule has 21 heavy (non-hydrogen) atoms. The quantitative estimate of drug-likeness (QED) is 0.717. The van der Waals surface area contributed by atoms with Crippen LogP contribution in [0.1, 0.15) is 34.1 Å². The van der Waals surface area contributed by atoms with Crippen molar-refractivity contribution in [1.29, 1.82) is 0 Å². The van der Waals surface area contributed by atoms with Crippen LogP contribution >= 0.6 is 0 Å². The van der Waals surface area contributed by atoms with Crippen molar-refractivity contribution >= 4 is 5.78 Å². The van der Waals surface area contributed by atoms with Crippen LogP contribution in [0.4, 0.5) is 0 Å². The van der Waals surface area contributed by atoms with Crippen molar-refractivity contribution in [2.24, 2.45) is 17.8 Å². The van der Waals surface area contributed by atoms with Crippen molar-refractivity contribution in [3.63, 3.8) is 0 Å². The van der Waals surface area contributed by atoms with E-state index in [1.807, 2.05) is 38.2 Å². The molecule has 1 heterocycles. The van der Waals surface area contributed by atoms with Crippen LogP contribution in [0, 0.1) is 17.8 Å². The second kappa shape index (κ2) is 6.78. The first-order valence-electron chi connectivity index (χ1n) is 7.72. The molecule has 0 spiro atoms. The highest BCUT2D eigenvalue weighted by atomic mass is 16.5. The Bertz CT molecular complexity index is 568. The maximum Gasteiger partial charge on any atom is 0.166 e. The highest BCUT2D eigenvalue weighted by Crippen LogP contribution is 2.32. The zero-order valence-electron chi connectivity index (χ0n) is 13.3. The third-order valence-electron chi connectivity index (χ3n) is 4.35. The molecule has 0 fully saturated rings. The van der Waals surface area contributed by atoms with Crippen LogP contribution in [-0.2, 0) is 9.53 Å². The Labute approximate surface area is 127 Å². The lowest BCUT2D eigenvalue weighted by Crippen LogP contribution is -2.31. The molecule has 0 saturated carbocycles.